The van der Waals surface area contributed by atoms with Crippen molar-refractivity contribution in [1.29, 1.82) is 0 Å². The van der Waals surface area contributed by atoms with E-state index in [2.05, 4.69) is 20.9 Å². The van der Waals surface area contributed by atoms with Crippen LogP contribution in [-0.4, -0.2) is 24.5 Å². The quantitative estimate of drug-likeness (QED) is 0.779. The summed E-state index contributed by atoms with van der Waals surface area (Å²) in [5, 5.41) is 8.02. The van der Waals surface area contributed by atoms with Gasteiger partial charge in [-0.05, 0) is 19.1 Å². The molecular weight excluding hydrogens is 321 g/mol. The summed E-state index contributed by atoms with van der Waals surface area (Å²) in [5.74, 6) is -0.0851. The third-order valence-electron chi connectivity index (χ3n) is 3.24. The van der Waals surface area contributed by atoms with Crippen molar-refractivity contribution in [2.75, 3.05) is 24.2 Å². The molecule has 3 N–H and O–H groups in total. The minimum atomic E-state index is -4.57. The molecule has 24 heavy (non-hydrogen) atoms. The van der Waals surface area contributed by atoms with Gasteiger partial charge < -0.3 is 16.0 Å². The molecule has 1 amide bonds. The van der Waals surface area contributed by atoms with Crippen molar-refractivity contribution in [3.05, 3.63) is 47.7 Å². The lowest BCUT2D eigenvalue weighted by Gasteiger charge is -2.17. The average Bonchev–Trinajstić information content (AvgIpc) is 2.54. The van der Waals surface area contributed by atoms with Crippen LogP contribution in [-0.2, 0) is 6.18 Å². The molecule has 0 aliphatic rings. The minimum absolute atomic E-state index is 0.176. The van der Waals surface area contributed by atoms with Gasteiger partial charge in [0.2, 0.25) is 0 Å². The number of pyridine rings is 1. The van der Waals surface area contributed by atoms with Gasteiger partial charge in [-0.1, -0.05) is 12.1 Å². The van der Waals surface area contributed by atoms with E-state index in [1.165, 1.54) is 25.2 Å². The Morgan fingerprint density at radius 3 is 2.54 bits per heavy atom. The zero-order chi connectivity index (χ0) is 17.7. The summed E-state index contributed by atoms with van der Waals surface area (Å²) in [4.78, 5) is 15.6. The molecule has 1 aromatic heterocycles. The Morgan fingerprint density at radius 1 is 1.21 bits per heavy atom. The topological polar surface area (TPSA) is 66.0 Å². The zero-order valence-electron chi connectivity index (χ0n) is 13.2. The second-order valence-electron chi connectivity index (χ2n) is 4.89. The van der Waals surface area contributed by atoms with E-state index in [9.17, 15) is 18.0 Å². The Labute approximate surface area is 137 Å². The van der Waals surface area contributed by atoms with Gasteiger partial charge in [0.05, 0.1) is 22.5 Å². The monoisotopic (exact) mass is 338 g/mol. The molecule has 2 aromatic rings. The van der Waals surface area contributed by atoms with Crippen LogP contribution in [0.25, 0.3) is 0 Å². The van der Waals surface area contributed by atoms with E-state index in [0.717, 1.165) is 6.20 Å². The Morgan fingerprint density at radius 2 is 1.92 bits per heavy atom. The van der Waals surface area contributed by atoms with E-state index in [1.807, 2.05) is 6.92 Å². The molecule has 0 radical (unpaired) electrons. The van der Waals surface area contributed by atoms with Crippen molar-refractivity contribution in [1.82, 2.24) is 10.3 Å². The summed E-state index contributed by atoms with van der Waals surface area (Å²) in [6, 6.07) is 7.61. The van der Waals surface area contributed by atoms with Crippen LogP contribution < -0.4 is 16.0 Å². The molecule has 2 rings (SSSR count). The molecule has 128 valence electrons. The molecule has 0 atom stereocenters. The lowest BCUT2D eigenvalue weighted by atomic mass is 10.1. The predicted octanol–water partition coefficient (Wildman–Crippen LogP) is 3.64. The second kappa shape index (κ2) is 7.20. The molecule has 1 heterocycles. The Bertz CT molecular complexity index is 732. The van der Waals surface area contributed by atoms with Gasteiger partial charge in [-0.2, -0.15) is 13.2 Å². The molecule has 1 aromatic carbocycles. The van der Waals surface area contributed by atoms with Crippen molar-refractivity contribution >= 4 is 23.1 Å². The SMILES string of the molecule is CCNc1cc(Nc2ccccc2C(=O)NC)c(C(F)(F)F)cn1. The molecule has 0 saturated carbocycles. The second-order valence-corrected chi connectivity index (χ2v) is 4.89. The standard InChI is InChI=1S/C16H17F3N4O/c1-3-21-14-8-13(11(9-22-14)16(17,18)19)23-12-7-5-4-6-10(12)15(24)20-2/h4-9H,3H2,1-2H3,(H,20,24)(H2,21,22,23). The molecular formula is C16H17F3N4O. The fourth-order valence-corrected chi connectivity index (χ4v) is 2.13. The van der Waals surface area contributed by atoms with Gasteiger partial charge in [-0.15, -0.1) is 0 Å². The van der Waals surface area contributed by atoms with E-state index < -0.39 is 17.6 Å². The Kier molecular flexibility index (Phi) is 5.28. The zero-order valence-corrected chi connectivity index (χ0v) is 13.2. The molecule has 0 bridgehead atoms. The van der Waals surface area contributed by atoms with Gasteiger partial charge in [0.15, 0.2) is 0 Å². The van der Waals surface area contributed by atoms with Crippen LogP contribution in [0.3, 0.4) is 0 Å². The highest BCUT2D eigenvalue weighted by molar-refractivity contribution is 6.00. The summed E-state index contributed by atoms with van der Waals surface area (Å²) in [5.41, 5.74) is -0.563. The molecule has 0 aliphatic carbocycles. The predicted molar refractivity (Wildman–Crippen MR) is 86.5 cm³/mol. The largest absolute Gasteiger partial charge is 0.419 e. The van der Waals surface area contributed by atoms with Crippen molar-refractivity contribution in [2.24, 2.45) is 0 Å². The van der Waals surface area contributed by atoms with Crippen LogP contribution in [0.1, 0.15) is 22.8 Å². The first-order valence-electron chi connectivity index (χ1n) is 7.26. The van der Waals surface area contributed by atoms with E-state index in [-0.39, 0.29) is 16.9 Å². The van der Waals surface area contributed by atoms with Gasteiger partial charge in [0.25, 0.3) is 5.91 Å². The van der Waals surface area contributed by atoms with Gasteiger partial charge in [-0.3, -0.25) is 4.79 Å². The summed E-state index contributed by atoms with van der Waals surface area (Å²) < 4.78 is 39.6. The number of halogens is 3. The van der Waals surface area contributed by atoms with Crippen LogP contribution in [0.5, 0.6) is 0 Å². The van der Waals surface area contributed by atoms with Gasteiger partial charge >= 0.3 is 6.18 Å². The highest BCUT2D eigenvalue weighted by atomic mass is 19.4. The molecule has 0 unspecified atom stereocenters. The van der Waals surface area contributed by atoms with Crippen molar-refractivity contribution in [3.8, 4) is 0 Å². The highest BCUT2D eigenvalue weighted by Gasteiger charge is 2.34. The summed E-state index contributed by atoms with van der Waals surface area (Å²) >= 11 is 0. The van der Waals surface area contributed by atoms with Crippen LogP contribution in [0.4, 0.5) is 30.4 Å². The normalized spacial score (nSPS) is 11.0. The van der Waals surface area contributed by atoms with E-state index in [0.29, 0.717) is 12.4 Å². The highest BCUT2D eigenvalue weighted by Crippen LogP contribution is 2.37. The van der Waals surface area contributed by atoms with Crippen LogP contribution in [0.15, 0.2) is 36.5 Å². The number of nitrogens with zero attached hydrogens (tertiary/aromatic N) is 1. The first kappa shape index (κ1) is 17.6. The van der Waals surface area contributed by atoms with Gasteiger partial charge in [0.1, 0.15) is 5.82 Å². The number of aromatic nitrogens is 1. The van der Waals surface area contributed by atoms with E-state index in [1.54, 1.807) is 12.1 Å². The molecule has 5 nitrogen and oxygen atoms in total. The Balaban J connectivity index is 2.48. The number of para-hydroxylation sites is 1. The number of nitrogens with one attached hydrogen (secondary N) is 3. The minimum Gasteiger partial charge on any atom is -0.370 e. The third-order valence-corrected chi connectivity index (χ3v) is 3.24. The van der Waals surface area contributed by atoms with Gasteiger partial charge in [0, 0.05) is 25.9 Å². The first-order chi connectivity index (χ1) is 11.4. The lowest BCUT2D eigenvalue weighted by molar-refractivity contribution is -0.137. The number of rotatable bonds is 5. The fourth-order valence-electron chi connectivity index (χ4n) is 2.13. The van der Waals surface area contributed by atoms with Crippen molar-refractivity contribution < 1.29 is 18.0 Å². The smallest absolute Gasteiger partial charge is 0.370 e. The van der Waals surface area contributed by atoms with Crippen LogP contribution in [0.2, 0.25) is 0 Å². The number of alkyl halides is 3. The van der Waals surface area contributed by atoms with Crippen LogP contribution in [0, 0.1) is 0 Å². The summed E-state index contributed by atoms with van der Waals surface area (Å²) in [6.07, 6.45) is -3.80. The average molecular weight is 338 g/mol. The fraction of sp³-hybridized carbons (Fsp3) is 0.250. The van der Waals surface area contributed by atoms with Crippen LogP contribution >= 0.6 is 0 Å². The molecule has 8 heteroatoms. The van der Waals surface area contributed by atoms with Crippen molar-refractivity contribution in [3.63, 3.8) is 0 Å². The summed E-state index contributed by atoms with van der Waals surface area (Å²) in [6.45, 7) is 2.33. The number of carbonyl (C=O) groups is 1. The van der Waals surface area contributed by atoms with E-state index in [4.69, 9.17) is 0 Å². The van der Waals surface area contributed by atoms with E-state index >= 15 is 0 Å². The number of hydrogen-bond donors (Lipinski definition) is 3. The number of anilines is 3. The maximum atomic E-state index is 13.2. The Hall–Kier alpha value is -2.77. The lowest BCUT2D eigenvalue weighted by Crippen LogP contribution is -2.19. The molecule has 0 spiro atoms. The number of benzene rings is 1. The first-order valence-corrected chi connectivity index (χ1v) is 7.26. The number of hydrogen-bond acceptors (Lipinski definition) is 4. The summed E-state index contributed by atoms with van der Waals surface area (Å²) in [7, 11) is 1.45. The maximum absolute atomic E-state index is 13.2. The van der Waals surface area contributed by atoms with Crippen molar-refractivity contribution in [2.45, 2.75) is 13.1 Å². The van der Waals surface area contributed by atoms with Gasteiger partial charge in [-0.25, -0.2) is 4.98 Å². The maximum Gasteiger partial charge on any atom is 0.419 e. The molecule has 0 aliphatic heterocycles. The number of carbonyl (C=O) groups excluding carboxylic acids is 1. The third kappa shape index (κ3) is 3.95. The number of amides is 1. The molecule has 0 saturated heterocycles. The molecule has 0 fully saturated rings.